The first-order chi connectivity index (χ1) is 16.7. The molecule has 0 bridgehead atoms. The van der Waals surface area contributed by atoms with Gasteiger partial charge in [-0.05, 0) is 69.2 Å². The van der Waals surface area contributed by atoms with Crippen LogP contribution in [0.2, 0.25) is 0 Å². The molecule has 0 unspecified atom stereocenters. The molecule has 12 heteroatoms. The van der Waals surface area contributed by atoms with Crippen molar-refractivity contribution in [3.05, 3.63) is 41.2 Å². The molecular formula is C23H29F4N5O3. The first kappa shape index (κ1) is 26.6. The third-order valence-corrected chi connectivity index (χ3v) is 5.88. The normalized spacial score (nSPS) is 18.3. The van der Waals surface area contributed by atoms with Gasteiger partial charge in [-0.1, -0.05) is 11.6 Å². The highest BCUT2D eigenvalue weighted by Gasteiger charge is 2.28. The second-order valence-electron chi connectivity index (χ2n) is 8.62. The van der Waals surface area contributed by atoms with Crippen LogP contribution in [0.4, 0.5) is 17.6 Å². The predicted octanol–water partition coefficient (Wildman–Crippen LogP) is 3.28. The molecule has 3 N–H and O–H groups in total. The van der Waals surface area contributed by atoms with Gasteiger partial charge in [0.15, 0.2) is 5.69 Å². The molecule has 2 amide bonds. The van der Waals surface area contributed by atoms with E-state index in [9.17, 15) is 32.3 Å². The highest BCUT2D eigenvalue weighted by Crippen LogP contribution is 2.21. The Bertz CT molecular complexity index is 986. The molecule has 2 aromatic rings. The monoisotopic (exact) mass is 499 g/mol. The van der Waals surface area contributed by atoms with Crippen LogP contribution in [0.25, 0.3) is 5.69 Å². The van der Waals surface area contributed by atoms with Crippen LogP contribution in [0.15, 0.2) is 24.3 Å². The van der Waals surface area contributed by atoms with E-state index in [1.807, 2.05) is 5.32 Å². The first-order valence-electron chi connectivity index (χ1n) is 11.6. The Balaban J connectivity index is 1.77. The van der Waals surface area contributed by atoms with Crippen molar-refractivity contribution in [1.29, 1.82) is 0 Å². The fraction of sp³-hybridized carbons (Fsp3) is 0.565. The maximum absolute atomic E-state index is 13.0. The number of aliphatic hydroxyl groups excluding tert-OH is 1. The van der Waals surface area contributed by atoms with Crippen LogP contribution in [0.3, 0.4) is 0 Å². The van der Waals surface area contributed by atoms with Gasteiger partial charge in [-0.3, -0.25) is 14.0 Å². The molecule has 8 nitrogen and oxygen atoms in total. The van der Waals surface area contributed by atoms with Crippen molar-refractivity contribution in [2.24, 2.45) is 0 Å². The van der Waals surface area contributed by atoms with E-state index < -0.39 is 25.3 Å². The third-order valence-electron chi connectivity index (χ3n) is 5.88. The molecule has 0 radical (unpaired) electrons. The van der Waals surface area contributed by atoms with Gasteiger partial charge in [-0.15, -0.1) is 5.10 Å². The molecule has 35 heavy (non-hydrogen) atoms. The van der Waals surface area contributed by atoms with E-state index in [4.69, 9.17) is 0 Å². The van der Waals surface area contributed by atoms with E-state index in [1.54, 1.807) is 0 Å². The van der Waals surface area contributed by atoms with Gasteiger partial charge in [0, 0.05) is 11.6 Å². The molecule has 1 aromatic heterocycles. The molecule has 1 saturated carbocycles. The summed E-state index contributed by atoms with van der Waals surface area (Å²) in [5.41, 5.74) is 1.18. The van der Waals surface area contributed by atoms with E-state index in [0.29, 0.717) is 62.7 Å². The van der Waals surface area contributed by atoms with Crippen LogP contribution < -0.4 is 10.6 Å². The molecule has 1 aromatic carbocycles. The summed E-state index contributed by atoms with van der Waals surface area (Å²) >= 11 is 0. The zero-order valence-corrected chi connectivity index (χ0v) is 19.2. The summed E-state index contributed by atoms with van der Waals surface area (Å²) in [7, 11) is 0. The molecule has 3 rings (SSSR count). The van der Waals surface area contributed by atoms with E-state index >= 15 is 0 Å². The van der Waals surface area contributed by atoms with Gasteiger partial charge in [0.2, 0.25) is 0 Å². The molecule has 1 fully saturated rings. The Morgan fingerprint density at radius 2 is 1.71 bits per heavy atom. The summed E-state index contributed by atoms with van der Waals surface area (Å²) < 4.78 is 51.0. The summed E-state index contributed by atoms with van der Waals surface area (Å²) in [6.45, 7) is -1.87. The lowest BCUT2D eigenvalue weighted by Gasteiger charge is -2.25. The molecule has 0 spiro atoms. The van der Waals surface area contributed by atoms with Gasteiger partial charge in [0.25, 0.3) is 11.8 Å². The van der Waals surface area contributed by atoms with Crippen LogP contribution in [0, 0.1) is 0 Å². The number of aromatic nitrogens is 3. The van der Waals surface area contributed by atoms with Crippen LogP contribution in [0.5, 0.6) is 0 Å². The standard InChI is InChI=1S/C23H29F4N5O3/c24-13-3-1-2-4-19-20(22(35)29-16-7-11-18(33)12-8-16)30-31-32(19)17-9-5-15(6-10-17)21(34)28-14-23(25,26)27/h5-6,9-10,16,18,33H,1-4,7-8,11-14H2,(H,28,34)(H,29,35)/t16-,18-. The molecule has 1 aliphatic carbocycles. The number of rotatable bonds is 10. The Morgan fingerprint density at radius 3 is 2.34 bits per heavy atom. The smallest absolute Gasteiger partial charge is 0.393 e. The fourth-order valence-electron chi connectivity index (χ4n) is 3.98. The van der Waals surface area contributed by atoms with Crippen molar-refractivity contribution in [2.75, 3.05) is 13.2 Å². The van der Waals surface area contributed by atoms with E-state index in [-0.39, 0.29) is 29.3 Å². The highest BCUT2D eigenvalue weighted by molar-refractivity contribution is 5.94. The zero-order valence-electron chi connectivity index (χ0n) is 19.2. The lowest BCUT2D eigenvalue weighted by molar-refractivity contribution is -0.123. The number of aliphatic hydroxyl groups is 1. The van der Waals surface area contributed by atoms with Gasteiger partial charge in [0.1, 0.15) is 6.54 Å². The molecule has 1 aliphatic rings. The number of benzene rings is 1. The average Bonchev–Trinajstić information content (AvgIpc) is 3.25. The molecule has 192 valence electrons. The van der Waals surface area contributed by atoms with Crippen LogP contribution in [-0.4, -0.2) is 63.5 Å². The largest absolute Gasteiger partial charge is 0.405 e. The SMILES string of the molecule is O=C(NCC(F)(F)F)c1ccc(-n2nnc(C(=O)N[C@H]3CC[C@H](O)CC3)c2CCCCCF)cc1. The maximum atomic E-state index is 13.0. The zero-order chi connectivity index (χ0) is 25.4. The average molecular weight is 500 g/mol. The number of hydrogen-bond acceptors (Lipinski definition) is 5. The topological polar surface area (TPSA) is 109 Å². The van der Waals surface area contributed by atoms with Crippen molar-refractivity contribution >= 4 is 11.8 Å². The number of nitrogens with one attached hydrogen (secondary N) is 2. The molecule has 1 heterocycles. The second-order valence-corrected chi connectivity index (χ2v) is 8.62. The number of alkyl halides is 4. The van der Waals surface area contributed by atoms with Gasteiger partial charge < -0.3 is 15.7 Å². The summed E-state index contributed by atoms with van der Waals surface area (Å²) in [6.07, 6.45) is -0.312. The predicted molar refractivity (Wildman–Crippen MR) is 119 cm³/mol. The number of nitrogens with zero attached hydrogens (tertiary/aromatic N) is 3. The first-order valence-corrected chi connectivity index (χ1v) is 11.6. The molecule has 0 atom stereocenters. The van der Waals surface area contributed by atoms with Gasteiger partial charge in [-0.25, -0.2) is 4.68 Å². The van der Waals surface area contributed by atoms with Crippen molar-refractivity contribution in [2.45, 2.75) is 69.7 Å². The Morgan fingerprint density at radius 1 is 1.03 bits per heavy atom. The van der Waals surface area contributed by atoms with E-state index in [0.717, 1.165) is 0 Å². The van der Waals surface area contributed by atoms with Crippen LogP contribution >= 0.6 is 0 Å². The second kappa shape index (κ2) is 12.1. The quantitative estimate of drug-likeness (QED) is 0.344. The third kappa shape index (κ3) is 7.74. The molecule has 0 saturated heterocycles. The minimum absolute atomic E-state index is 0.0417. The van der Waals surface area contributed by atoms with Gasteiger partial charge in [0.05, 0.1) is 24.2 Å². The Kier molecular flexibility index (Phi) is 9.19. The van der Waals surface area contributed by atoms with Crippen molar-refractivity contribution in [1.82, 2.24) is 25.6 Å². The Labute approximate surface area is 200 Å². The molecule has 0 aliphatic heterocycles. The summed E-state index contributed by atoms with van der Waals surface area (Å²) in [5.74, 6) is -1.25. The number of carbonyl (C=O) groups is 2. The van der Waals surface area contributed by atoms with Gasteiger partial charge in [-0.2, -0.15) is 13.2 Å². The number of hydrogen-bond donors (Lipinski definition) is 3. The van der Waals surface area contributed by atoms with Crippen LogP contribution in [0.1, 0.15) is 71.5 Å². The van der Waals surface area contributed by atoms with Crippen LogP contribution in [-0.2, 0) is 6.42 Å². The number of unbranched alkanes of at least 4 members (excludes halogenated alkanes) is 2. The summed E-state index contributed by atoms with van der Waals surface area (Å²) in [5, 5.41) is 22.6. The minimum Gasteiger partial charge on any atom is -0.393 e. The molecular weight excluding hydrogens is 470 g/mol. The summed E-state index contributed by atoms with van der Waals surface area (Å²) in [4.78, 5) is 24.9. The lowest BCUT2D eigenvalue weighted by Crippen LogP contribution is -2.39. The van der Waals surface area contributed by atoms with Crippen molar-refractivity contribution < 1.29 is 32.3 Å². The fourth-order valence-corrected chi connectivity index (χ4v) is 3.98. The number of amides is 2. The summed E-state index contributed by atoms with van der Waals surface area (Å²) in [6, 6.07) is 5.66. The van der Waals surface area contributed by atoms with Crippen molar-refractivity contribution in [3.8, 4) is 5.69 Å². The highest BCUT2D eigenvalue weighted by atomic mass is 19.4. The van der Waals surface area contributed by atoms with E-state index in [1.165, 1.54) is 28.9 Å². The lowest BCUT2D eigenvalue weighted by atomic mass is 9.93. The minimum atomic E-state index is -4.51. The van der Waals surface area contributed by atoms with Crippen molar-refractivity contribution in [3.63, 3.8) is 0 Å². The number of halogens is 4. The van der Waals surface area contributed by atoms with E-state index in [2.05, 4.69) is 15.6 Å². The Hall–Kier alpha value is -3.02. The van der Waals surface area contributed by atoms with Gasteiger partial charge >= 0.3 is 6.18 Å². The maximum Gasteiger partial charge on any atom is 0.405 e. The number of carbonyl (C=O) groups excluding carboxylic acids is 2.